The first-order valence-electron chi connectivity index (χ1n) is 6.44. The molecule has 0 nitrogen and oxygen atoms in total. The molecule has 0 saturated carbocycles. The summed E-state index contributed by atoms with van der Waals surface area (Å²) in [6, 6.07) is 4.83. The first kappa shape index (κ1) is 19.9. The summed E-state index contributed by atoms with van der Waals surface area (Å²) in [5.74, 6) is 0. The first-order valence-corrected chi connectivity index (χ1v) is 8.77. The van der Waals surface area contributed by atoms with Crippen LogP contribution in [0.5, 0.6) is 0 Å². The third kappa shape index (κ3) is 8.97. The van der Waals surface area contributed by atoms with Crippen molar-refractivity contribution in [3.8, 4) is 0 Å². The van der Waals surface area contributed by atoms with Gasteiger partial charge in [0.05, 0.1) is 0 Å². The van der Waals surface area contributed by atoms with Crippen molar-refractivity contribution in [3.05, 3.63) is 24.9 Å². The molecular formula is C14H23BF4Te. The predicted molar refractivity (Wildman–Crippen MR) is 80.1 cm³/mol. The fourth-order valence-corrected chi connectivity index (χ4v) is 5.19. The quantitative estimate of drug-likeness (QED) is 0.409. The van der Waals surface area contributed by atoms with Crippen LogP contribution in [0, 0.1) is 6.92 Å². The smallest absolute Gasteiger partial charge is 0.418 e. The molecule has 0 aliphatic heterocycles. The van der Waals surface area contributed by atoms with Crippen LogP contribution < -0.4 is 0 Å². The third-order valence-corrected chi connectivity index (χ3v) is 7.84. The molecule has 20 heavy (non-hydrogen) atoms. The fraction of sp³-hybridized carbons (Fsp3) is 0.643. The Labute approximate surface area is 129 Å². The summed E-state index contributed by atoms with van der Waals surface area (Å²) in [5.41, 5.74) is 2.14. The van der Waals surface area contributed by atoms with E-state index >= 15 is 0 Å². The van der Waals surface area contributed by atoms with Crippen molar-refractivity contribution in [1.82, 2.24) is 0 Å². The summed E-state index contributed by atoms with van der Waals surface area (Å²) in [6.45, 7) is 16.2. The van der Waals surface area contributed by atoms with Crippen molar-refractivity contribution in [2.75, 3.05) is 0 Å². The average Bonchev–Trinajstić information content (AvgIpc) is 2.10. The molecule has 1 rings (SSSR count). The summed E-state index contributed by atoms with van der Waals surface area (Å²) in [5, 5.41) is 0. The van der Waals surface area contributed by atoms with Gasteiger partial charge in [0.15, 0.2) is 0 Å². The van der Waals surface area contributed by atoms with Gasteiger partial charge in [-0.3, -0.25) is 0 Å². The van der Waals surface area contributed by atoms with E-state index in [0.29, 0.717) is 10.8 Å². The van der Waals surface area contributed by atoms with Crippen LogP contribution in [-0.4, -0.2) is 27.7 Å². The van der Waals surface area contributed by atoms with E-state index in [-0.39, 0.29) is 20.4 Å². The van der Waals surface area contributed by atoms with Crippen molar-refractivity contribution < 1.29 is 17.3 Å². The van der Waals surface area contributed by atoms with Crippen molar-refractivity contribution in [1.29, 1.82) is 0 Å². The maximum atomic E-state index is 9.75. The zero-order chi connectivity index (χ0) is 16.4. The number of hydrogen-bond acceptors (Lipinski definition) is 0. The van der Waals surface area contributed by atoms with Crippen molar-refractivity contribution >= 4 is 27.7 Å². The molecule has 0 aliphatic rings. The van der Waals surface area contributed by atoms with Gasteiger partial charge in [-0.15, -0.1) is 0 Å². The minimum atomic E-state index is -6.00. The van der Waals surface area contributed by atoms with E-state index in [1.54, 1.807) is 7.16 Å². The number of halogens is 4. The normalized spacial score (nSPS) is 12.8. The summed E-state index contributed by atoms with van der Waals surface area (Å²) >= 11 is -0.116. The van der Waals surface area contributed by atoms with Gasteiger partial charge in [0, 0.05) is 0 Å². The van der Waals surface area contributed by atoms with Crippen LogP contribution in [0.25, 0.3) is 0 Å². The molecule has 116 valence electrons. The van der Waals surface area contributed by atoms with Gasteiger partial charge in [0.2, 0.25) is 0 Å². The molecule has 0 saturated heterocycles. The van der Waals surface area contributed by atoms with Gasteiger partial charge in [-0.25, -0.2) is 0 Å². The average molecular weight is 406 g/mol. The summed E-state index contributed by atoms with van der Waals surface area (Å²) in [6.07, 6.45) is 0. The fourth-order valence-electron chi connectivity index (χ4n) is 1.37. The van der Waals surface area contributed by atoms with Gasteiger partial charge in [0.1, 0.15) is 0 Å². The maximum absolute atomic E-state index is 9.75. The summed E-state index contributed by atoms with van der Waals surface area (Å²) in [4.78, 5) is 0. The molecular weight excluding hydrogens is 383 g/mol. The van der Waals surface area contributed by atoms with Gasteiger partial charge in [0.25, 0.3) is 0 Å². The molecule has 0 unspecified atom stereocenters. The molecule has 0 bridgehead atoms. The van der Waals surface area contributed by atoms with E-state index in [1.165, 1.54) is 5.56 Å². The molecule has 0 atom stereocenters. The zero-order valence-electron chi connectivity index (χ0n) is 13.2. The number of hydrogen-bond donors (Lipinski definition) is 0. The Morgan fingerprint density at radius 2 is 1.05 bits per heavy atom. The zero-order valence-corrected chi connectivity index (χ0v) is 15.5. The molecule has 0 aliphatic carbocycles. The van der Waals surface area contributed by atoms with Crippen LogP contribution in [0.1, 0.15) is 54.3 Å². The standard InChI is InChI=1S/C14H23Te.BF4/c1-10-8-11(13(2,3)4)15-12(9-10)14(5,6)7;2-1(3,4)5/h8-9H,1-7H3;/q+1;-1. The number of aryl methyl sites for hydroxylation is 1. The maximum Gasteiger partial charge on any atom is 0.673 e. The molecule has 1 heterocycles. The molecule has 0 radical (unpaired) electrons. The molecule has 1 aromatic rings. The van der Waals surface area contributed by atoms with Crippen molar-refractivity contribution in [3.63, 3.8) is 0 Å². The van der Waals surface area contributed by atoms with Crippen LogP contribution in [0.2, 0.25) is 0 Å². The summed E-state index contributed by atoms with van der Waals surface area (Å²) in [7, 11) is -6.00. The first-order chi connectivity index (χ1) is 8.60. The summed E-state index contributed by atoms with van der Waals surface area (Å²) < 4.78 is 42.4. The van der Waals surface area contributed by atoms with E-state index in [1.807, 2.05) is 0 Å². The second kappa shape index (κ2) is 6.79. The Morgan fingerprint density at radius 1 is 0.800 bits per heavy atom. The third-order valence-electron chi connectivity index (χ3n) is 2.42. The molecule has 0 fully saturated rings. The van der Waals surface area contributed by atoms with E-state index < -0.39 is 7.25 Å². The molecule has 1 aromatic heterocycles. The molecule has 0 spiro atoms. The Kier molecular flexibility index (Phi) is 6.76. The van der Waals surface area contributed by atoms with Gasteiger partial charge in [-0.2, -0.15) is 0 Å². The predicted octanol–water partition coefficient (Wildman–Crippen LogP) is 5.23. The van der Waals surface area contributed by atoms with Crippen LogP contribution >= 0.6 is 0 Å². The van der Waals surface area contributed by atoms with E-state index in [0.717, 1.165) is 0 Å². The van der Waals surface area contributed by atoms with Crippen LogP contribution in [0.4, 0.5) is 17.3 Å². The van der Waals surface area contributed by atoms with Crippen LogP contribution in [0.15, 0.2) is 12.1 Å². The van der Waals surface area contributed by atoms with Crippen molar-refractivity contribution in [2.24, 2.45) is 0 Å². The van der Waals surface area contributed by atoms with E-state index in [9.17, 15) is 17.3 Å². The second-order valence-electron chi connectivity index (χ2n) is 6.86. The van der Waals surface area contributed by atoms with E-state index in [2.05, 4.69) is 60.6 Å². The monoisotopic (exact) mass is 408 g/mol. The molecule has 0 N–H and O–H groups in total. The minimum Gasteiger partial charge on any atom is -0.418 e. The van der Waals surface area contributed by atoms with Crippen LogP contribution in [-0.2, 0) is 10.8 Å². The van der Waals surface area contributed by atoms with Gasteiger partial charge >= 0.3 is 112 Å². The van der Waals surface area contributed by atoms with Gasteiger partial charge in [-0.1, -0.05) is 0 Å². The molecule has 0 aromatic carbocycles. The SMILES string of the molecule is Cc1cc(C(C)(C)C)[te+]c(C(C)(C)C)c1.F[B-](F)(F)F. The molecule has 6 heteroatoms. The Balaban J connectivity index is 0.000000621. The van der Waals surface area contributed by atoms with Gasteiger partial charge in [-0.05, 0) is 0 Å². The Hall–Kier alpha value is -0.0755. The van der Waals surface area contributed by atoms with Crippen molar-refractivity contribution in [2.45, 2.75) is 59.3 Å². The Morgan fingerprint density at radius 3 is 1.25 bits per heavy atom. The molecule has 0 amide bonds. The Bertz CT molecular complexity index is 404. The van der Waals surface area contributed by atoms with Crippen LogP contribution in [0.3, 0.4) is 0 Å². The largest absolute Gasteiger partial charge is 0.673 e. The topological polar surface area (TPSA) is 0 Å². The number of rotatable bonds is 0. The minimum absolute atomic E-state index is 0.116. The van der Waals surface area contributed by atoms with E-state index in [4.69, 9.17) is 0 Å². The van der Waals surface area contributed by atoms with Gasteiger partial charge < -0.3 is 17.3 Å². The second-order valence-corrected chi connectivity index (χ2v) is 9.95.